The van der Waals surface area contributed by atoms with Gasteiger partial charge < -0.3 is 9.47 Å². The van der Waals surface area contributed by atoms with E-state index in [0.29, 0.717) is 40.8 Å². The molecular weight excluding hydrogens is 390 g/mol. The van der Waals surface area contributed by atoms with Crippen molar-refractivity contribution in [2.75, 3.05) is 24.5 Å². The molecule has 1 saturated heterocycles. The van der Waals surface area contributed by atoms with Gasteiger partial charge in [-0.2, -0.15) is 17.8 Å². The standard InChI is InChI=1S/C14H19ClF2N6O2S/c1-21-7-10(15)13-14(21)11(6-19-20-13)22-4-2-9(3-5-22)23(8-12(16)17)26(18,24)25/h6-7,9,12H,2-5,8H2,1H3,(H2,18,24,25). The van der Waals surface area contributed by atoms with Crippen LogP contribution in [0.1, 0.15) is 12.8 Å². The fourth-order valence-electron chi connectivity index (χ4n) is 3.40. The van der Waals surface area contributed by atoms with Crippen LogP contribution >= 0.6 is 11.6 Å². The Hall–Kier alpha value is -1.56. The van der Waals surface area contributed by atoms with Gasteiger partial charge in [-0.3, -0.25) is 0 Å². The molecule has 0 spiro atoms. The van der Waals surface area contributed by atoms with E-state index in [2.05, 4.69) is 10.2 Å². The van der Waals surface area contributed by atoms with Crippen molar-refractivity contribution in [3.05, 3.63) is 17.4 Å². The number of hydrogen-bond acceptors (Lipinski definition) is 5. The normalized spacial score (nSPS) is 17.0. The number of hydrogen-bond donors (Lipinski definition) is 1. The van der Waals surface area contributed by atoms with Crippen LogP contribution in [0.3, 0.4) is 0 Å². The van der Waals surface area contributed by atoms with E-state index in [4.69, 9.17) is 16.7 Å². The highest BCUT2D eigenvalue weighted by molar-refractivity contribution is 7.86. The SMILES string of the molecule is Cn1cc(Cl)c2nncc(N3CCC(N(CC(F)F)S(N)(=O)=O)CC3)c21. The quantitative estimate of drug-likeness (QED) is 0.805. The Morgan fingerprint density at radius 2 is 2.08 bits per heavy atom. The zero-order chi connectivity index (χ0) is 19.1. The number of halogens is 3. The fourth-order valence-corrected chi connectivity index (χ4v) is 4.62. The van der Waals surface area contributed by atoms with Crippen LogP contribution in [0.5, 0.6) is 0 Å². The lowest BCUT2D eigenvalue weighted by molar-refractivity contribution is 0.101. The molecule has 2 aromatic heterocycles. The van der Waals surface area contributed by atoms with Gasteiger partial charge in [-0.05, 0) is 12.8 Å². The van der Waals surface area contributed by atoms with E-state index >= 15 is 0 Å². The molecule has 12 heteroatoms. The number of rotatable bonds is 5. The van der Waals surface area contributed by atoms with E-state index in [1.807, 2.05) is 16.5 Å². The van der Waals surface area contributed by atoms with Gasteiger partial charge >= 0.3 is 0 Å². The molecule has 1 fully saturated rings. The van der Waals surface area contributed by atoms with E-state index < -0.39 is 29.2 Å². The van der Waals surface area contributed by atoms with Gasteiger partial charge in [0.25, 0.3) is 16.6 Å². The molecule has 3 heterocycles. The number of piperidine rings is 1. The van der Waals surface area contributed by atoms with Crippen molar-refractivity contribution < 1.29 is 17.2 Å². The summed E-state index contributed by atoms with van der Waals surface area (Å²) in [4.78, 5) is 2.02. The van der Waals surface area contributed by atoms with Crippen LogP contribution in [0.15, 0.2) is 12.4 Å². The number of nitrogens with two attached hydrogens (primary N) is 1. The minimum absolute atomic E-state index is 0.380. The largest absolute Gasteiger partial charge is 0.368 e. The Morgan fingerprint density at radius 1 is 1.42 bits per heavy atom. The molecule has 26 heavy (non-hydrogen) atoms. The average molecular weight is 409 g/mol. The molecule has 0 atom stereocenters. The first kappa shape index (κ1) is 19.2. The second-order valence-electron chi connectivity index (χ2n) is 6.24. The van der Waals surface area contributed by atoms with Gasteiger partial charge in [0.15, 0.2) is 0 Å². The zero-order valence-electron chi connectivity index (χ0n) is 14.0. The van der Waals surface area contributed by atoms with E-state index in [1.54, 1.807) is 12.4 Å². The Labute approximate surface area is 154 Å². The number of aryl methyl sites for hydroxylation is 1. The summed E-state index contributed by atoms with van der Waals surface area (Å²) < 4.78 is 51.3. The molecule has 1 aliphatic rings. The summed E-state index contributed by atoms with van der Waals surface area (Å²) in [6, 6.07) is -0.558. The molecule has 2 aromatic rings. The third-order valence-electron chi connectivity index (χ3n) is 4.55. The van der Waals surface area contributed by atoms with Crippen LogP contribution in [0.25, 0.3) is 11.0 Å². The summed E-state index contributed by atoms with van der Waals surface area (Å²) in [7, 11) is -2.34. The van der Waals surface area contributed by atoms with Crippen LogP contribution < -0.4 is 10.0 Å². The van der Waals surface area contributed by atoms with E-state index in [0.717, 1.165) is 11.2 Å². The molecule has 0 bridgehead atoms. The number of aromatic nitrogens is 3. The Balaban J connectivity index is 1.81. The molecule has 0 unspecified atom stereocenters. The maximum Gasteiger partial charge on any atom is 0.277 e. The number of fused-ring (bicyclic) bond motifs is 1. The first-order valence-electron chi connectivity index (χ1n) is 7.97. The minimum Gasteiger partial charge on any atom is -0.368 e. The molecular formula is C14H19ClF2N6O2S. The van der Waals surface area contributed by atoms with E-state index in [-0.39, 0.29) is 0 Å². The molecule has 0 aliphatic carbocycles. The van der Waals surface area contributed by atoms with Crippen LogP contribution in [-0.2, 0) is 17.3 Å². The van der Waals surface area contributed by atoms with Crippen molar-refractivity contribution in [3.63, 3.8) is 0 Å². The van der Waals surface area contributed by atoms with Crippen LogP contribution in [0, 0.1) is 0 Å². The van der Waals surface area contributed by atoms with Gasteiger partial charge in [0, 0.05) is 32.4 Å². The molecule has 0 aromatic carbocycles. The first-order valence-corrected chi connectivity index (χ1v) is 9.85. The molecule has 1 aliphatic heterocycles. The molecule has 8 nitrogen and oxygen atoms in total. The van der Waals surface area contributed by atoms with Gasteiger partial charge in [0.2, 0.25) is 0 Å². The average Bonchev–Trinajstić information content (AvgIpc) is 2.86. The number of alkyl halides is 2. The molecule has 144 valence electrons. The van der Waals surface area contributed by atoms with Crippen LogP contribution in [0.4, 0.5) is 14.5 Å². The molecule has 3 rings (SSSR count). The number of nitrogens with zero attached hydrogens (tertiary/aromatic N) is 5. The second kappa shape index (κ2) is 7.22. The molecule has 0 amide bonds. The van der Waals surface area contributed by atoms with Gasteiger partial charge in [0.05, 0.1) is 29.0 Å². The van der Waals surface area contributed by atoms with Gasteiger partial charge in [-0.25, -0.2) is 13.9 Å². The lowest BCUT2D eigenvalue weighted by Gasteiger charge is -2.37. The summed E-state index contributed by atoms with van der Waals surface area (Å²) in [5, 5.41) is 13.6. The Morgan fingerprint density at radius 3 is 2.65 bits per heavy atom. The predicted octanol–water partition coefficient (Wildman–Crippen LogP) is 1.36. The van der Waals surface area contributed by atoms with E-state index in [1.165, 1.54) is 0 Å². The fraction of sp³-hybridized carbons (Fsp3) is 0.571. The van der Waals surface area contributed by atoms with E-state index in [9.17, 15) is 17.2 Å². The highest BCUT2D eigenvalue weighted by Gasteiger charge is 2.33. The minimum atomic E-state index is -4.19. The Bertz CT molecular complexity index is 898. The monoisotopic (exact) mass is 408 g/mol. The maximum absolute atomic E-state index is 12.7. The maximum atomic E-state index is 12.7. The molecule has 2 N–H and O–H groups in total. The summed E-state index contributed by atoms with van der Waals surface area (Å²) in [6.07, 6.45) is 1.34. The van der Waals surface area contributed by atoms with Gasteiger partial charge in [0.1, 0.15) is 5.52 Å². The zero-order valence-corrected chi connectivity index (χ0v) is 15.6. The Kier molecular flexibility index (Phi) is 5.33. The van der Waals surface area contributed by atoms with Crippen molar-refractivity contribution in [2.45, 2.75) is 25.3 Å². The van der Waals surface area contributed by atoms with Gasteiger partial charge in [-0.15, -0.1) is 5.10 Å². The van der Waals surface area contributed by atoms with Crippen molar-refractivity contribution in [2.24, 2.45) is 12.2 Å². The van der Waals surface area contributed by atoms with Gasteiger partial charge in [-0.1, -0.05) is 11.6 Å². The summed E-state index contributed by atoms with van der Waals surface area (Å²) >= 11 is 6.15. The van der Waals surface area contributed by atoms with Crippen molar-refractivity contribution in [1.82, 2.24) is 19.1 Å². The van der Waals surface area contributed by atoms with Crippen molar-refractivity contribution >= 4 is 38.5 Å². The smallest absolute Gasteiger partial charge is 0.277 e. The molecule has 0 radical (unpaired) electrons. The summed E-state index contributed by atoms with van der Waals surface area (Å²) in [5.74, 6) is 0. The topological polar surface area (TPSA) is 97.3 Å². The lowest BCUT2D eigenvalue weighted by atomic mass is 10.0. The van der Waals surface area contributed by atoms with Crippen molar-refractivity contribution in [1.29, 1.82) is 0 Å². The van der Waals surface area contributed by atoms with Crippen LogP contribution in [0.2, 0.25) is 5.02 Å². The second-order valence-corrected chi connectivity index (χ2v) is 8.15. The molecule has 0 saturated carbocycles. The van der Waals surface area contributed by atoms with Crippen molar-refractivity contribution in [3.8, 4) is 0 Å². The highest BCUT2D eigenvalue weighted by Crippen LogP contribution is 2.32. The summed E-state index contributed by atoms with van der Waals surface area (Å²) in [6.45, 7) is 0.0605. The third-order valence-corrected chi connectivity index (χ3v) is 5.93. The summed E-state index contributed by atoms with van der Waals surface area (Å²) in [5.41, 5.74) is 2.22. The third kappa shape index (κ3) is 3.75. The lowest BCUT2D eigenvalue weighted by Crippen LogP contribution is -2.51. The highest BCUT2D eigenvalue weighted by atomic mass is 35.5. The first-order chi connectivity index (χ1) is 12.2. The number of anilines is 1. The van der Waals surface area contributed by atoms with Crippen LogP contribution in [-0.4, -0.2) is 59.6 Å². The predicted molar refractivity (Wildman–Crippen MR) is 94.6 cm³/mol.